The molecule has 3 saturated heterocycles. The normalized spacial score (nSPS) is 35.6. The zero-order valence-corrected chi connectivity index (χ0v) is 12.1. The average Bonchev–Trinajstić information content (AvgIpc) is 2.92. The number of likely N-dealkylation sites (tertiary alicyclic amines) is 1. The number of piperidine rings is 2. The van der Waals surface area contributed by atoms with E-state index in [4.69, 9.17) is 0 Å². The topological polar surface area (TPSA) is 35.6 Å². The van der Waals surface area contributed by atoms with Gasteiger partial charge in [0.25, 0.3) is 0 Å². The van der Waals surface area contributed by atoms with E-state index < -0.39 is 0 Å². The van der Waals surface area contributed by atoms with E-state index in [0.29, 0.717) is 30.6 Å². The first-order valence-corrected chi connectivity index (χ1v) is 7.98. The van der Waals surface area contributed by atoms with Crippen LogP contribution in [0.3, 0.4) is 0 Å². The van der Waals surface area contributed by atoms with E-state index in [-0.39, 0.29) is 0 Å². The van der Waals surface area contributed by atoms with Crippen LogP contribution in [0.15, 0.2) is 0 Å². The molecule has 2 bridgehead atoms. The second kappa shape index (κ2) is 5.80. The lowest BCUT2D eigenvalue weighted by Crippen LogP contribution is -2.58. The van der Waals surface area contributed by atoms with Crippen molar-refractivity contribution in [1.82, 2.24) is 15.1 Å². The molecule has 19 heavy (non-hydrogen) atoms. The van der Waals surface area contributed by atoms with E-state index in [0.717, 1.165) is 13.1 Å². The van der Waals surface area contributed by atoms with E-state index in [9.17, 15) is 4.79 Å². The lowest BCUT2D eigenvalue weighted by Gasteiger charge is -2.48. The summed E-state index contributed by atoms with van der Waals surface area (Å²) in [5.41, 5.74) is 0. The van der Waals surface area contributed by atoms with Gasteiger partial charge in [-0.3, -0.25) is 9.69 Å². The largest absolute Gasteiger partial charge is 0.342 e. The van der Waals surface area contributed by atoms with E-state index in [1.54, 1.807) is 0 Å². The molecular weight excluding hydrogens is 238 g/mol. The fourth-order valence-electron chi connectivity index (χ4n) is 4.20. The van der Waals surface area contributed by atoms with E-state index in [1.165, 1.54) is 44.9 Å². The van der Waals surface area contributed by atoms with Crippen molar-refractivity contribution in [2.45, 2.75) is 63.1 Å². The highest BCUT2D eigenvalue weighted by Gasteiger charge is 2.39. The SMILES string of the molecule is CNC1C[C@H]2CCC[C@@H](C1)N2CC(=O)N1CCCC1. The summed E-state index contributed by atoms with van der Waals surface area (Å²) in [6.45, 7) is 2.65. The van der Waals surface area contributed by atoms with Gasteiger partial charge in [0.2, 0.25) is 5.91 Å². The molecule has 3 aliphatic rings. The van der Waals surface area contributed by atoms with Crippen molar-refractivity contribution in [3.05, 3.63) is 0 Å². The Hall–Kier alpha value is -0.610. The molecule has 0 aromatic carbocycles. The lowest BCUT2D eigenvalue weighted by atomic mass is 9.82. The highest BCUT2D eigenvalue weighted by molar-refractivity contribution is 5.78. The number of fused-ring (bicyclic) bond motifs is 2. The molecule has 3 fully saturated rings. The standard InChI is InChI=1S/C15H27N3O/c1-16-12-9-13-5-4-6-14(10-12)18(13)11-15(19)17-7-2-3-8-17/h12-14,16H,2-11H2,1H3/t12?,13-,14+. The highest BCUT2D eigenvalue weighted by Crippen LogP contribution is 2.33. The smallest absolute Gasteiger partial charge is 0.236 e. The van der Waals surface area contributed by atoms with Crippen LogP contribution in [0.25, 0.3) is 0 Å². The molecule has 0 aliphatic carbocycles. The number of nitrogens with zero attached hydrogens (tertiary/aromatic N) is 2. The van der Waals surface area contributed by atoms with Gasteiger partial charge in [0.1, 0.15) is 0 Å². The summed E-state index contributed by atoms with van der Waals surface area (Å²) in [6.07, 6.45) is 8.74. The third-order valence-electron chi connectivity index (χ3n) is 5.31. The first-order valence-electron chi connectivity index (χ1n) is 7.98. The Bertz CT molecular complexity index is 313. The van der Waals surface area contributed by atoms with Crippen molar-refractivity contribution in [2.75, 3.05) is 26.7 Å². The van der Waals surface area contributed by atoms with Gasteiger partial charge in [-0.2, -0.15) is 0 Å². The fraction of sp³-hybridized carbons (Fsp3) is 0.933. The molecule has 0 radical (unpaired) electrons. The predicted octanol–water partition coefficient (Wildman–Crippen LogP) is 1.21. The first kappa shape index (κ1) is 13.4. The van der Waals surface area contributed by atoms with E-state index in [1.807, 2.05) is 0 Å². The van der Waals surface area contributed by atoms with Gasteiger partial charge in [-0.15, -0.1) is 0 Å². The van der Waals surface area contributed by atoms with Gasteiger partial charge in [0.15, 0.2) is 0 Å². The second-order valence-electron chi connectivity index (χ2n) is 6.46. The Kier molecular flexibility index (Phi) is 4.08. The number of nitrogens with one attached hydrogen (secondary N) is 1. The quantitative estimate of drug-likeness (QED) is 0.833. The summed E-state index contributed by atoms with van der Waals surface area (Å²) < 4.78 is 0. The third-order valence-corrected chi connectivity index (χ3v) is 5.31. The van der Waals surface area contributed by atoms with Crippen molar-refractivity contribution in [1.29, 1.82) is 0 Å². The summed E-state index contributed by atoms with van der Waals surface area (Å²) in [5, 5.41) is 3.44. The number of hydrogen-bond acceptors (Lipinski definition) is 3. The Morgan fingerprint density at radius 1 is 1.11 bits per heavy atom. The minimum Gasteiger partial charge on any atom is -0.342 e. The zero-order chi connectivity index (χ0) is 13.2. The summed E-state index contributed by atoms with van der Waals surface area (Å²) in [4.78, 5) is 17.0. The number of carbonyl (C=O) groups is 1. The van der Waals surface area contributed by atoms with Crippen LogP contribution in [0.1, 0.15) is 44.9 Å². The maximum absolute atomic E-state index is 12.4. The summed E-state index contributed by atoms with van der Waals surface area (Å²) in [7, 11) is 2.07. The van der Waals surface area contributed by atoms with Gasteiger partial charge < -0.3 is 10.2 Å². The molecule has 3 aliphatic heterocycles. The third kappa shape index (κ3) is 2.79. The van der Waals surface area contributed by atoms with Crippen molar-refractivity contribution in [3.8, 4) is 0 Å². The van der Waals surface area contributed by atoms with Crippen LogP contribution >= 0.6 is 0 Å². The zero-order valence-electron chi connectivity index (χ0n) is 12.1. The number of hydrogen-bond donors (Lipinski definition) is 1. The molecule has 108 valence electrons. The maximum atomic E-state index is 12.4. The van der Waals surface area contributed by atoms with E-state index in [2.05, 4.69) is 22.2 Å². The second-order valence-corrected chi connectivity index (χ2v) is 6.46. The van der Waals surface area contributed by atoms with Gasteiger partial charge in [0, 0.05) is 31.2 Å². The Morgan fingerprint density at radius 2 is 1.74 bits per heavy atom. The van der Waals surface area contributed by atoms with Crippen LogP contribution in [-0.4, -0.2) is 60.5 Å². The molecule has 4 nitrogen and oxygen atoms in total. The van der Waals surface area contributed by atoms with Crippen LogP contribution in [-0.2, 0) is 4.79 Å². The lowest BCUT2D eigenvalue weighted by molar-refractivity contribution is -0.134. The number of rotatable bonds is 3. The van der Waals surface area contributed by atoms with Gasteiger partial charge in [-0.25, -0.2) is 0 Å². The van der Waals surface area contributed by atoms with Crippen LogP contribution in [0.5, 0.6) is 0 Å². The predicted molar refractivity (Wildman–Crippen MR) is 76.0 cm³/mol. The van der Waals surface area contributed by atoms with Crippen molar-refractivity contribution < 1.29 is 4.79 Å². The molecule has 0 aromatic heterocycles. The van der Waals surface area contributed by atoms with Crippen LogP contribution in [0.4, 0.5) is 0 Å². The van der Waals surface area contributed by atoms with Gasteiger partial charge in [-0.1, -0.05) is 6.42 Å². The van der Waals surface area contributed by atoms with Crippen molar-refractivity contribution in [2.24, 2.45) is 0 Å². The van der Waals surface area contributed by atoms with Gasteiger partial charge in [0.05, 0.1) is 6.54 Å². The Balaban J connectivity index is 1.62. The van der Waals surface area contributed by atoms with Crippen molar-refractivity contribution in [3.63, 3.8) is 0 Å². The number of amides is 1. The van der Waals surface area contributed by atoms with Gasteiger partial charge >= 0.3 is 0 Å². The molecule has 3 rings (SSSR count). The van der Waals surface area contributed by atoms with Crippen LogP contribution < -0.4 is 5.32 Å². The van der Waals surface area contributed by atoms with E-state index >= 15 is 0 Å². The molecule has 1 amide bonds. The Labute approximate surface area is 116 Å². The molecule has 4 heteroatoms. The molecule has 3 heterocycles. The van der Waals surface area contributed by atoms with Crippen LogP contribution in [0.2, 0.25) is 0 Å². The van der Waals surface area contributed by atoms with Gasteiger partial charge in [-0.05, 0) is 45.6 Å². The molecule has 3 atom stereocenters. The minimum absolute atomic E-state index is 0.373. The fourth-order valence-corrected chi connectivity index (χ4v) is 4.20. The summed E-state index contributed by atoms with van der Waals surface area (Å²) in [6, 6.07) is 1.93. The minimum atomic E-state index is 0.373. The van der Waals surface area contributed by atoms with Crippen LogP contribution in [0, 0.1) is 0 Å². The average molecular weight is 265 g/mol. The molecule has 0 saturated carbocycles. The highest BCUT2D eigenvalue weighted by atomic mass is 16.2. The molecule has 1 N–H and O–H groups in total. The molecule has 1 unspecified atom stereocenters. The summed E-state index contributed by atoms with van der Waals surface area (Å²) in [5.74, 6) is 0.373. The summed E-state index contributed by atoms with van der Waals surface area (Å²) >= 11 is 0. The maximum Gasteiger partial charge on any atom is 0.236 e. The van der Waals surface area contributed by atoms with Crippen molar-refractivity contribution >= 4 is 5.91 Å². The Morgan fingerprint density at radius 3 is 2.32 bits per heavy atom. The molecular formula is C15H27N3O. The monoisotopic (exact) mass is 265 g/mol. The number of carbonyl (C=O) groups excluding carboxylic acids is 1. The molecule has 0 spiro atoms. The first-order chi connectivity index (χ1) is 9.28. The molecule has 0 aromatic rings.